The Kier molecular flexibility index (Phi) is 8.49. The van der Waals surface area contributed by atoms with Crippen LogP contribution >= 0.6 is 45.3 Å². The van der Waals surface area contributed by atoms with E-state index >= 15 is 0 Å². The molecular formula is C29H22IN3O5S2. The average molecular weight is 684 g/mol. The van der Waals surface area contributed by atoms with Gasteiger partial charge in [-0.3, -0.25) is 9.36 Å². The van der Waals surface area contributed by atoms with E-state index in [1.165, 1.54) is 29.8 Å². The first-order valence-electron chi connectivity index (χ1n) is 12.2. The standard InChI is InChI=1S/C29H22IN3O5S2/c1-3-37-28(35)23-24(18-8-5-4-6-9-18)32-29-33(25(23)21-10-7-13-39-21)27(34)22(40-29)16-17-14-19(30)26(38-12-11-31)20(15-17)36-2/h4-10,13-16,25H,3,12H2,1-2H3/b22-16-/t25-/m1/s1. The van der Waals surface area contributed by atoms with Crippen LogP contribution in [0.25, 0.3) is 11.8 Å². The molecule has 1 aliphatic rings. The summed E-state index contributed by atoms with van der Waals surface area (Å²) in [4.78, 5) is 33.5. The van der Waals surface area contributed by atoms with Gasteiger partial charge < -0.3 is 14.2 Å². The molecule has 8 nitrogen and oxygen atoms in total. The number of nitrogens with zero attached hydrogens (tertiary/aromatic N) is 3. The number of carbonyl (C=O) groups excluding carboxylic acids is 1. The molecular weight excluding hydrogens is 661 g/mol. The smallest absolute Gasteiger partial charge is 0.338 e. The number of benzene rings is 2. The Bertz CT molecular complexity index is 1820. The van der Waals surface area contributed by atoms with Gasteiger partial charge in [0.1, 0.15) is 12.1 Å². The molecule has 40 heavy (non-hydrogen) atoms. The number of thiazole rings is 1. The Morgan fingerprint density at radius 1 is 1.23 bits per heavy atom. The molecule has 202 valence electrons. The number of fused-ring (bicyclic) bond motifs is 1. The molecule has 11 heteroatoms. The van der Waals surface area contributed by atoms with Gasteiger partial charge in [0.05, 0.1) is 33.1 Å². The number of hydrogen-bond acceptors (Lipinski definition) is 9. The number of carbonyl (C=O) groups is 1. The number of rotatable bonds is 8. The van der Waals surface area contributed by atoms with Gasteiger partial charge in [-0.15, -0.1) is 11.3 Å². The highest BCUT2D eigenvalue weighted by Crippen LogP contribution is 2.37. The fourth-order valence-electron chi connectivity index (χ4n) is 4.38. The lowest BCUT2D eigenvalue weighted by Crippen LogP contribution is -2.39. The van der Waals surface area contributed by atoms with Crippen LogP contribution in [0.2, 0.25) is 0 Å². The minimum absolute atomic E-state index is 0.112. The van der Waals surface area contributed by atoms with Crippen LogP contribution in [0, 0.1) is 14.9 Å². The van der Waals surface area contributed by atoms with Gasteiger partial charge in [-0.1, -0.05) is 47.7 Å². The van der Waals surface area contributed by atoms with Crippen molar-refractivity contribution in [3.63, 3.8) is 0 Å². The van der Waals surface area contributed by atoms with Gasteiger partial charge in [-0.05, 0) is 64.7 Å². The molecule has 0 spiro atoms. The molecule has 0 N–H and O–H groups in total. The fourth-order valence-corrected chi connectivity index (χ4v) is 6.98. The average Bonchev–Trinajstić information content (AvgIpc) is 3.60. The van der Waals surface area contributed by atoms with E-state index in [0.29, 0.717) is 32.1 Å². The van der Waals surface area contributed by atoms with E-state index in [9.17, 15) is 9.59 Å². The second-order valence-corrected chi connectivity index (χ2v) is 11.6. The molecule has 0 bridgehead atoms. The van der Waals surface area contributed by atoms with Crippen LogP contribution in [0.1, 0.15) is 29.0 Å². The highest BCUT2D eigenvalue weighted by atomic mass is 127. The van der Waals surface area contributed by atoms with Crippen LogP contribution in [0.4, 0.5) is 0 Å². The maximum Gasteiger partial charge on any atom is 0.338 e. The molecule has 0 amide bonds. The minimum Gasteiger partial charge on any atom is -0.493 e. The van der Waals surface area contributed by atoms with E-state index in [4.69, 9.17) is 24.5 Å². The summed E-state index contributed by atoms with van der Waals surface area (Å²) >= 11 is 4.82. The van der Waals surface area contributed by atoms with E-state index in [2.05, 4.69) is 22.6 Å². The van der Waals surface area contributed by atoms with Crippen LogP contribution in [0.3, 0.4) is 0 Å². The van der Waals surface area contributed by atoms with Crippen LogP contribution in [0.5, 0.6) is 11.5 Å². The number of halogens is 1. The quantitative estimate of drug-likeness (QED) is 0.200. The van der Waals surface area contributed by atoms with E-state index in [1.54, 1.807) is 23.6 Å². The Hall–Kier alpha value is -3.73. The van der Waals surface area contributed by atoms with Crippen molar-refractivity contribution in [1.29, 1.82) is 5.26 Å². The molecule has 0 radical (unpaired) electrons. The summed E-state index contributed by atoms with van der Waals surface area (Å²) in [5.41, 5.74) is 2.02. The zero-order chi connectivity index (χ0) is 28.2. The normalized spacial score (nSPS) is 14.8. The van der Waals surface area contributed by atoms with Crippen molar-refractivity contribution in [2.24, 2.45) is 4.99 Å². The highest BCUT2D eigenvalue weighted by molar-refractivity contribution is 14.1. The van der Waals surface area contributed by atoms with Crippen LogP contribution in [0.15, 0.2) is 75.3 Å². The highest BCUT2D eigenvalue weighted by Gasteiger charge is 2.35. The van der Waals surface area contributed by atoms with Crippen molar-refractivity contribution < 1.29 is 19.0 Å². The number of nitriles is 1. The number of hydrogen-bond donors (Lipinski definition) is 0. The molecule has 2 aromatic carbocycles. The third-order valence-electron chi connectivity index (χ3n) is 6.02. The van der Waals surface area contributed by atoms with Crippen LogP contribution < -0.4 is 24.4 Å². The summed E-state index contributed by atoms with van der Waals surface area (Å²) in [6.45, 7) is 1.84. The zero-order valence-electron chi connectivity index (χ0n) is 21.4. The first kappa shape index (κ1) is 27.8. The van der Waals surface area contributed by atoms with Gasteiger partial charge in [-0.25, -0.2) is 9.79 Å². The second-order valence-electron chi connectivity index (χ2n) is 8.43. The topological polar surface area (TPSA) is 103 Å². The Morgan fingerprint density at radius 3 is 2.70 bits per heavy atom. The van der Waals surface area contributed by atoms with Crippen molar-refractivity contribution in [3.8, 4) is 17.6 Å². The van der Waals surface area contributed by atoms with Gasteiger partial charge in [0.15, 0.2) is 22.9 Å². The SMILES string of the molecule is CCOC(=O)C1=C(c2ccccc2)N=c2s/c(=C\c3cc(I)c(OCC#N)c(OC)c3)c(=O)n2[C@@H]1c1cccs1. The first-order chi connectivity index (χ1) is 19.5. The zero-order valence-corrected chi connectivity index (χ0v) is 25.2. The predicted molar refractivity (Wildman–Crippen MR) is 162 cm³/mol. The lowest BCUT2D eigenvalue weighted by Gasteiger charge is -2.24. The summed E-state index contributed by atoms with van der Waals surface area (Å²) in [5, 5.41) is 10.8. The molecule has 5 rings (SSSR count). The number of ether oxygens (including phenoxy) is 3. The van der Waals surface area contributed by atoms with E-state index in [0.717, 1.165) is 19.6 Å². The summed E-state index contributed by atoms with van der Waals surface area (Å²) in [6, 6.07) is 18.1. The second kappa shape index (κ2) is 12.2. The largest absolute Gasteiger partial charge is 0.493 e. The summed E-state index contributed by atoms with van der Waals surface area (Å²) < 4.78 is 19.3. The van der Waals surface area contributed by atoms with Crippen molar-refractivity contribution in [1.82, 2.24) is 4.57 Å². The van der Waals surface area contributed by atoms with Crippen molar-refractivity contribution >= 4 is 63.0 Å². The molecule has 2 aromatic heterocycles. The lowest BCUT2D eigenvalue weighted by molar-refractivity contribution is -0.138. The summed E-state index contributed by atoms with van der Waals surface area (Å²) in [6.07, 6.45) is 1.77. The van der Waals surface area contributed by atoms with Crippen LogP contribution in [-0.2, 0) is 9.53 Å². The third-order valence-corrected chi connectivity index (χ3v) is 8.73. The number of esters is 1. The van der Waals surface area contributed by atoms with Gasteiger partial charge >= 0.3 is 5.97 Å². The summed E-state index contributed by atoms with van der Waals surface area (Å²) in [7, 11) is 1.52. The monoisotopic (exact) mass is 683 g/mol. The van der Waals surface area contributed by atoms with Gasteiger partial charge in [0.25, 0.3) is 5.56 Å². The van der Waals surface area contributed by atoms with Gasteiger partial charge in [0, 0.05) is 10.4 Å². The van der Waals surface area contributed by atoms with Crippen molar-refractivity contribution in [3.05, 3.63) is 105 Å². The molecule has 1 aliphatic heterocycles. The molecule has 0 unspecified atom stereocenters. The molecule has 3 heterocycles. The van der Waals surface area contributed by atoms with E-state index in [1.807, 2.05) is 60.0 Å². The molecule has 4 aromatic rings. The predicted octanol–water partition coefficient (Wildman–Crippen LogP) is 4.51. The Morgan fingerprint density at radius 2 is 2.02 bits per heavy atom. The van der Waals surface area contributed by atoms with Gasteiger partial charge in [-0.2, -0.15) is 5.26 Å². The number of methoxy groups -OCH3 is 1. The summed E-state index contributed by atoms with van der Waals surface area (Å²) in [5.74, 6) is 0.408. The molecule has 0 aliphatic carbocycles. The molecule has 0 saturated heterocycles. The molecule has 1 atom stereocenters. The Balaban J connectivity index is 1.74. The van der Waals surface area contributed by atoms with Gasteiger partial charge in [0.2, 0.25) is 0 Å². The third kappa shape index (κ3) is 5.34. The fraction of sp³-hybridized carbons (Fsp3) is 0.172. The Labute approximate surface area is 251 Å². The van der Waals surface area contributed by atoms with Crippen molar-refractivity contribution in [2.75, 3.05) is 20.3 Å². The molecule has 0 saturated carbocycles. The maximum atomic E-state index is 14.0. The van der Waals surface area contributed by atoms with E-state index < -0.39 is 12.0 Å². The lowest BCUT2D eigenvalue weighted by atomic mass is 9.97. The number of thiophene rings is 1. The van der Waals surface area contributed by atoms with Crippen molar-refractivity contribution in [2.45, 2.75) is 13.0 Å². The minimum atomic E-state index is -0.691. The van der Waals surface area contributed by atoms with E-state index in [-0.39, 0.29) is 18.8 Å². The van der Waals surface area contributed by atoms with Crippen LogP contribution in [-0.4, -0.2) is 30.9 Å². The number of aromatic nitrogens is 1. The molecule has 0 fully saturated rings. The maximum absolute atomic E-state index is 14.0. The first-order valence-corrected chi connectivity index (χ1v) is 14.9.